The minimum Gasteiger partial charge on any atom is -0.478 e. The minimum atomic E-state index is -0.943. The smallest absolute Gasteiger partial charge is 0.335 e. The number of nitrogens with zero attached hydrogens (tertiary/aromatic N) is 2. The maximum Gasteiger partial charge on any atom is 0.335 e. The Bertz CT molecular complexity index is 622. The van der Waals surface area contributed by atoms with Gasteiger partial charge in [-0.25, -0.2) is 4.79 Å². The zero-order valence-electron chi connectivity index (χ0n) is 10.6. The zero-order chi connectivity index (χ0) is 14.0. The second-order valence-corrected chi connectivity index (χ2v) is 5.18. The summed E-state index contributed by atoms with van der Waals surface area (Å²) in [5, 5.41) is 16.4. The van der Waals surface area contributed by atoms with E-state index in [1.807, 2.05) is 20.0 Å². The highest BCUT2D eigenvalue weighted by Gasteiger charge is 2.07. The molecule has 1 aromatic heterocycles. The van der Waals surface area contributed by atoms with Crippen molar-refractivity contribution in [3.8, 4) is 0 Å². The van der Waals surface area contributed by atoms with Crippen LogP contribution < -0.4 is 5.32 Å². The van der Waals surface area contributed by atoms with Crippen molar-refractivity contribution in [3.63, 3.8) is 0 Å². The fourth-order valence-electron chi connectivity index (χ4n) is 1.73. The van der Waals surface area contributed by atoms with Gasteiger partial charge < -0.3 is 10.4 Å². The van der Waals surface area contributed by atoms with Crippen LogP contribution >= 0.6 is 15.9 Å². The van der Waals surface area contributed by atoms with Crippen molar-refractivity contribution in [2.45, 2.75) is 13.5 Å². The van der Waals surface area contributed by atoms with Crippen molar-refractivity contribution in [2.75, 3.05) is 5.32 Å². The van der Waals surface area contributed by atoms with Crippen LogP contribution in [0.25, 0.3) is 0 Å². The zero-order valence-corrected chi connectivity index (χ0v) is 12.2. The highest BCUT2D eigenvalue weighted by atomic mass is 79.9. The largest absolute Gasteiger partial charge is 0.478 e. The fourth-order valence-corrected chi connectivity index (χ4v) is 2.22. The van der Waals surface area contributed by atoms with Crippen LogP contribution in [0.2, 0.25) is 0 Å². The summed E-state index contributed by atoms with van der Waals surface area (Å²) in [6, 6.07) is 5.03. The SMILES string of the molecule is Cc1c(CNc2cc(Br)cc(C(=O)O)c2)cnn1C. The van der Waals surface area contributed by atoms with E-state index in [9.17, 15) is 4.79 Å². The lowest BCUT2D eigenvalue weighted by Gasteiger charge is -2.08. The molecule has 0 spiro atoms. The average Bonchev–Trinajstić information content (AvgIpc) is 2.67. The summed E-state index contributed by atoms with van der Waals surface area (Å²) in [7, 11) is 1.89. The van der Waals surface area contributed by atoms with Crippen molar-refractivity contribution < 1.29 is 9.90 Å². The van der Waals surface area contributed by atoms with Gasteiger partial charge in [0.25, 0.3) is 0 Å². The number of carbonyl (C=O) groups is 1. The van der Waals surface area contributed by atoms with Crippen molar-refractivity contribution in [3.05, 3.63) is 45.7 Å². The Kier molecular flexibility index (Phi) is 3.90. The van der Waals surface area contributed by atoms with Crippen LogP contribution in [0.3, 0.4) is 0 Å². The van der Waals surface area contributed by atoms with Gasteiger partial charge in [-0.1, -0.05) is 15.9 Å². The monoisotopic (exact) mass is 323 g/mol. The molecule has 0 aliphatic rings. The molecule has 0 fully saturated rings. The van der Waals surface area contributed by atoms with E-state index in [4.69, 9.17) is 5.11 Å². The number of carboxylic acid groups (broad SMARTS) is 1. The number of aromatic nitrogens is 2. The molecule has 0 atom stereocenters. The molecular formula is C13H14BrN3O2. The standard InChI is InChI=1S/C13H14BrN3O2/c1-8-10(7-16-17(8)2)6-15-12-4-9(13(18)19)3-11(14)5-12/h3-5,7,15H,6H2,1-2H3,(H,18,19). The number of anilines is 1. The number of benzene rings is 1. The van der Waals surface area contributed by atoms with E-state index in [1.54, 1.807) is 23.0 Å². The van der Waals surface area contributed by atoms with Gasteiger partial charge in [0.2, 0.25) is 0 Å². The van der Waals surface area contributed by atoms with Crippen molar-refractivity contribution in [2.24, 2.45) is 7.05 Å². The first-order chi connectivity index (χ1) is 8.97. The van der Waals surface area contributed by atoms with Gasteiger partial charge in [0, 0.05) is 35.0 Å². The number of nitrogens with one attached hydrogen (secondary N) is 1. The Hall–Kier alpha value is -1.82. The van der Waals surface area contributed by atoms with E-state index >= 15 is 0 Å². The summed E-state index contributed by atoms with van der Waals surface area (Å²) in [5.74, 6) is -0.943. The summed E-state index contributed by atoms with van der Waals surface area (Å²) in [5.41, 5.74) is 3.18. The Balaban J connectivity index is 2.15. The van der Waals surface area contributed by atoms with Gasteiger partial charge in [0.15, 0.2) is 0 Å². The molecule has 1 heterocycles. The van der Waals surface area contributed by atoms with Crippen LogP contribution in [0.15, 0.2) is 28.9 Å². The molecule has 0 radical (unpaired) electrons. The Morgan fingerprint density at radius 2 is 2.21 bits per heavy atom. The van der Waals surface area contributed by atoms with Gasteiger partial charge in [0.1, 0.15) is 0 Å². The molecule has 0 saturated carbocycles. The van der Waals surface area contributed by atoms with Crippen LogP contribution in [0.4, 0.5) is 5.69 Å². The Morgan fingerprint density at radius 1 is 1.47 bits per heavy atom. The molecule has 2 aromatic rings. The maximum atomic E-state index is 11.0. The molecule has 0 bridgehead atoms. The highest BCUT2D eigenvalue weighted by Crippen LogP contribution is 2.20. The van der Waals surface area contributed by atoms with Crippen molar-refractivity contribution in [1.82, 2.24) is 9.78 Å². The molecular weight excluding hydrogens is 310 g/mol. The van der Waals surface area contributed by atoms with Crippen LogP contribution in [0.5, 0.6) is 0 Å². The Labute approximate surface area is 119 Å². The summed E-state index contributed by atoms with van der Waals surface area (Å²) in [6.45, 7) is 2.60. The maximum absolute atomic E-state index is 11.0. The summed E-state index contributed by atoms with van der Waals surface area (Å²) in [4.78, 5) is 11.0. The van der Waals surface area contributed by atoms with E-state index in [1.165, 1.54) is 0 Å². The summed E-state index contributed by atoms with van der Waals surface area (Å²) in [6.07, 6.45) is 1.80. The molecule has 5 nitrogen and oxygen atoms in total. The number of hydrogen-bond acceptors (Lipinski definition) is 3. The molecule has 0 amide bonds. The third kappa shape index (κ3) is 3.14. The van der Waals surface area contributed by atoms with Crippen LogP contribution in [0.1, 0.15) is 21.6 Å². The third-order valence-electron chi connectivity index (χ3n) is 2.96. The van der Waals surface area contributed by atoms with Crippen molar-refractivity contribution >= 4 is 27.6 Å². The molecule has 2 rings (SSSR count). The molecule has 2 N–H and O–H groups in total. The minimum absolute atomic E-state index is 0.250. The van der Waals surface area contributed by atoms with E-state index in [0.29, 0.717) is 6.54 Å². The van der Waals surface area contributed by atoms with Gasteiger partial charge in [-0.05, 0) is 25.1 Å². The first kappa shape index (κ1) is 13.6. The van der Waals surface area contributed by atoms with Crippen LogP contribution in [0, 0.1) is 6.92 Å². The topological polar surface area (TPSA) is 67.2 Å². The third-order valence-corrected chi connectivity index (χ3v) is 3.42. The lowest BCUT2D eigenvalue weighted by Crippen LogP contribution is -2.03. The highest BCUT2D eigenvalue weighted by molar-refractivity contribution is 9.10. The second-order valence-electron chi connectivity index (χ2n) is 4.27. The van der Waals surface area contributed by atoms with Crippen molar-refractivity contribution in [1.29, 1.82) is 0 Å². The molecule has 6 heteroatoms. The predicted octanol–water partition coefficient (Wildman–Crippen LogP) is 2.80. The van der Waals surface area contributed by atoms with Crippen LogP contribution in [-0.4, -0.2) is 20.9 Å². The number of aryl methyl sites for hydroxylation is 1. The second kappa shape index (κ2) is 5.44. The van der Waals surface area contributed by atoms with E-state index in [0.717, 1.165) is 21.4 Å². The normalized spacial score (nSPS) is 10.5. The number of carboxylic acids is 1. The van der Waals surface area contributed by atoms with E-state index < -0.39 is 5.97 Å². The molecule has 19 heavy (non-hydrogen) atoms. The molecule has 0 aliphatic heterocycles. The summed E-state index contributed by atoms with van der Waals surface area (Å²) < 4.78 is 2.54. The predicted molar refractivity (Wildman–Crippen MR) is 76.4 cm³/mol. The van der Waals surface area contributed by atoms with E-state index in [2.05, 4.69) is 26.3 Å². The lowest BCUT2D eigenvalue weighted by atomic mass is 10.2. The molecule has 1 aromatic carbocycles. The molecule has 0 saturated heterocycles. The van der Waals surface area contributed by atoms with E-state index in [-0.39, 0.29) is 5.56 Å². The molecule has 0 aliphatic carbocycles. The first-order valence-electron chi connectivity index (χ1n) is 5.72. The number of halogens is 1. The Morgan fingerprint density at radius 3 is 2.79 bits per heavy atom. The lowest BCUT2D eigenvalue weighted by molar-refractivity contribution is 0.0697. The van der Waals surface area contributed by atoms with Gasteiger partial charge in [-0.2, -0.15) is 5.10 Å². The van der Waals surface area contributed by atoms with Crippen LogP contribution in [-0.2, 0) is 13.6 Å². The molecule has 100 valence electrons. The quantitative estimate of drug-likeness (QED) is 0.907. The van der Waals surface area contributed by atoms with Gasteiger partial charge in [0.05, 0.1) is 11.8 Å². The van der Waals surface area contributed by atoms with Gasteiger partial charge in [-0.3, -0.25) is 4.68 Å². The number of aromatic carboxylic acids is 1. The molecule has 0 unspecified atom stereocenters. The fraction of sp³-hybridized carbons (Fsp3) is 0.231. The van der Waals surface area contributed by atoms with Gasteiger partial charge >= 0.3 is 5.97 Å². The summed E-state index contributed by atoms with van der Waals surface area (Å²) >= 11 is 3.31. The number of rotatable bonds is 4. The number of hydrogen-bond donors (Lipinski definition) is 2. The first-order valence-corrected chi connectivity index (χ1v) is 6.52. The average molecular weight is 324 g/mol. The van der Waals surface area contributed by atoms with Gasteiger partial charge in [-0.15, -0.1) is 0 Å².